The summed E-state index contributed by atoms with van der Waals surface area (Å²) in [6.07, 6.45) is 0. The third-order valence-corrected chi connectivity index (χ3v) is 6.67. The fraction of sp³-hybridized carbons (Fsp3) is 0.357. The van der Waals surface area contributed by atoms with Crippen LogP contribution in [0.2, 0.25) is 4.34 Å². The van der Waals surface area contributed by atoms with Gasteiger partial charge in [-0.3, -0.25) is 14.5 Å². The van der Waals surface area contributed by atoms with Gasteiger partial charge in [0.15, 0.2) is 10.8 Å². The monoisotopic (exact) mass is 465 g/mol. The van der Waals surface area contributed by atoms with Crippen LogP contribution in [-0.4, -0.2) is 68.6 Å². The lowest BCUT2D eigenvalue weighted by Gasteiger charge is -2.49. The van der Waals surface area contributed by atoms with Gasteiger partial charge in [0.25, 0.3) is 11.8 Å². The Kier molecular flexibility index (Phi) is 6.03. The van der Waals surface area contributed by atoms with Gasteiger partial charge in [0.2, 0.25) is 0 Å². The van der Waals surface area contributed by atoms with E-state index >= 15 is 0 Å². The summed E-state index contributed by atoms with van der Waals surface area (Å²) in [4.78, 5) is 46.5. The molecule has 2 atom stereocenters. The molecular weight excluding hydrogens is 453 g/mol. The van der Waals surface area contributed by atoms with Crippen molar-refractivity contribution >= 4 is 74.9 Å². The van der Waals surface area contributed by atoms with Crippen molar-refractivity contribution in [2.24, 2.45) is 5.16 Å². The standard InChI is InChI=1S/C14H13Cl2N5O5S2/c1-26-20-6(5-9(16)28-14(17)19-5)10(22)18-7-11(23)21-8(13(24)25)4(2-15)3-27-12(7)21/h7,12H,2-3H2,1H3,(H2,17,19)(H,18,22)(H,24,25)/b20-6-/t7-,12-/m1/s1. The molecule has 3 rings (SSSR count). The number of β-lactam (4-membered cyclic amide) rings is 1. The number of hydrogen-bond acceptors (Lipinski definition) is 9. The van der Waals surface area contributed by atoms with Gasteiger partial charge in [-0.25, -0.2) is 9.78 Å². The van der Waals surface area contributed by atoms with E-state index in [1.54, 1.807) is 0 Å². The number of thiazole rings is 1. The highest BCUT2D eigenvalue weighted by Crippen LogP contribution is 2.40. The molecule has 28 heavy (non-hydrogen) atoms. The number of oxime groups is 1. The molecule has 0 saturated carbocycles. The molecule has 10 nitrogen and oxygen atoms in total. The summed E-state index contributed by atoms with van der Waals surface area (Å²) >= 11 is 14.1. The third kappa shape index (κ3) is 3.52. The fourth-order valence-electron chi connectivity index (χ4n) is 2.74. The summed E-state index contributed by atoms with van der Waals surface area (Å²) in [7, 11) is 1.24. The second-order valence-corrected chi connectivity index (χ2v) is 8.55. The van der Waals surface area contributed by atoms with Gasteiger partial charge in [-0.05, 0) is 5.57 Å². The maximum atomic E-state index is 12.7. The van der Waals surface area contributed by atoms with E-state index in [-0.39, 0.29) is 32.5 Å². The molecular formula is C14H13Cl2N5O5S2. The third-order valence-electron chi connectivity index (χ3n) is 3.92. The lowest BCUT2D eigenvalue weighted by molar-refractivity contribution is -0.150. The van der Waals surface area contributed by atoms with E-state index in [0.717, 1.165) is 16.2 Å². The number of nitrogens with one attached hydrogen (secondary N) is 1. The Morgan fingerprint density at radius 3 is 2.79 bits per heavy atom. The van der Waals surface area contributed by atoms with Gasteiger partial charge < -0.3 is 21.0 Å². The summed E-state index contributed by atoms with van der Waals surface area (Å²) in [6, 6.07) is -0.944. The number of halogens is 2. The number of hydrogen-bond donors (Lipinski definition) is 3. The number of rotatable bonds is 6. The molecule has 1 fully saturated rings. The van der Waals surface area contributed by atoms with Gasteiger partial charge in [-0.2, -0.15) is 0 Å². The van der Waals surface area contributed by atoms with Gasteiger partial charge >= 0.3 is 5.97 Å². The first-order valence-corrected chi connectivity index (χ1v) is 10.4. The largest absolute Gasteiger partial charge is 0.477 e. The Balaban J connectivity index is 1.81. The zero-order valence-electron chi connectivity index (χ0n) is 14.1. The molecule has 0 spiro atoms. The van der Waals surface area contributed by atoms with Crippen LogP contribution in [0, 0.1) is 0 Å². The second-order valence-electron chi connectivity index (χ2n) is 5.55. The molecule has 0 aliphatic carbocycles. The molecule has 1 saturated heterocycles. The quantitative estimate of drug-likeness (QED) is 0.240. The van der Waals surface area contributed by atoms with Gasteiger partial charge in [0.05, 0.1) is 0 Å². The number of nitrogen functional groups attached to an aromatic ring is 1. The molecule has 1 aromatic rings. The molecule has 14 heteroatoms. The van der Waals surface area contributed by atoms with E-state index in [1.807, 2.05) is 0 Å². The smallest absolute Gasteiger partial charge is 0.352 e. The molecule has 150 valence electrons. The highest BCUT2D eigenvalue weighted by Gasteiger charge is 2.54. The Labute approximate surface area is 176 Å². The number of nitrogens with zero attached hydrogens (tertiary/aromatic N) is 3. The van der Waals surface area contributed by atoms with E-state index in [4.69, 9.17) is 28.9 Å². The van der Waals surface area contributed by atoms with Gasteiger partial charge in [0.1, 0.15) is 34.3 Å². The van der Waals surface area contributed by atoms with E-state index in [0.29, 0.717) is 11.3 Å². The SMILES string of the molecule is CO/N=C(\C(=O)N[C@@H]1C(=O)N2C(C(=O)O)=C(CCl)CS[C@H]12)c1nc(N)sc1Cl. The number of carbonyl (C=O) groups is 3. The summed E-state index contributed by atoms with van der Waals surface area (Å²) in [5.41, 5.74) is 5.67. The van der Waals surface area contributed by atoms with Crippen molar-refractivity contribution in [2.45, 2.75) is 11.4 Å². The number of aliphatic carboxylic acids is 1. The van der Waals surface area contributed by atoms with Crippen LogP contribution in [-0.2, 0) is 19.2 Å². The molecule has 0 aromatic carbocycles. The Morgan fingerprint density at radius 1 is 1.54 bits per heavy atom. The number of fused-ring (bicyclic) bond motifs is 1. The second kappa shape index (κ2) is 8.15. The summed E-state index contributed by atoms with van der Waals surface area (Å²) in [6.45, 7) is 0. The molecule has 0 radical (unpaired) electrons. The van der Waals surface area contributed by atoms with E-state index < -0.39 is 29.2 Å². The van der Waals surface area contributed by atoms with Crippen LogP contribution in [0.25, 0.3) is 0 Å². The molecule has 3 heterocycles. The maximum Gasteiger partial charge on any atom is 0.352 e. The molecule has 1 aromatic heterocycles. The molecule has 2 amide bonds. The first kappa shape index (κ1) is 20.7. The minimum Gasteiger partial charge on any atom is -0.477 e. The minimum atomic E-state index is -1.24. The molecule has 2 aliphatic rings. The Morgan fingerprint density at radius 2 is 2.25 bits per heavy atom. The van der Waals surface area contributed by atoms with E-state index in [9.17, 15) is 19.5 Å². The van der Waals surface area contributed by atoms with Crippen LogP contribution in [0.4, 0.5) is 5.13 Å². The number of carboxylic acid groups (broad SMARTS) is 1. The number of carboxylic acids is 1. The highest BCUT2D eigenvalue weighted by atomic mass is 35.5. The number of carbonyl (C=O) groups excluding carboxylic acids is 2. The van der Waals surface area contributed by atoms with Crippen molar-refractivity contribution < 1.29 is 24.3 Å². The Hall–Kier alpha value is -2.02. The predicted octanol–water partition coefficient (Wildman–Crippen LogP) is 0.707. The van der Waals surface area contributed by atoms with Crippen molar-refractivity contribution in [3.05, 3.63) is 21.3 Å². The van der Waals surface area contributed by atoms with E-state index in [2.05, 4.69) is 20.3 Å². The topological polar surface area (TPSA) is 147 Å². The fourth-order valence-corrected chi connectivity index (χ4v) is 5.35. The van der Waals surface area contributed by atoms with Crippen LogP contribution in [0.15, 0.2) is 16.4 Å². The van der Waals surface area contributed by atoms with Crippen molar-refractivity contribution in [3.63, 3.8) is 0 Å². The predicted molar refractivity (Wildman–Crippen MR) is 105 cm³/mol. The number of nitrogens with two attached hydrogens (primary N) is 1. The molecule has 0 unspecified atom stereocenters. The number of alkyl halides is 1. The van der Waals surface area contributed by atoms with Crippen LogP contribution in [0.5, 0.6) is 0 Å². The Bertz CT molecular complexity index is 918. The summed E-state index contributed by atoms with van der Waals surface area (Å²) < 4.78 is 0.139. The van der Waals surface area contributed by atoms with Crippen molar-refractivity contribution in [3.8, 4) is 0 Å². The molecule has 4 N–H and O–H groups in total. The summed E-state index contributed by atoms with van der Waals surface area (Å²) in [5.74, 6) is -2.23. The van der Waals surface area contributed by atoms with Crippen molar-refractivity contribution in [1.29, 1.82) is 0 Å². The van der Waals surface area contributed by atoms with Gasteiger partial charge in [-0.1, -0.05) is 28.1 Å². The molecule has 0 bridgehead atoms. The zero-order chi connectivity index (χ0) is 20.6. The number of amides is 2. The summed E-state index contributed by atoms with van der Waals surface area (Å²) in [5, 5.41) is 15.1. The van der Waals surface area contributed by atoms with Crippen molar-refractivity contribution in [1.82, 2.24) is 15.2 Å². The minimum absolute atomic E-state index is 0.00342. The van der Waals surface area contributed by atoms with Crippen LogP contribution in [0.3, 0.4) is 0 Å². The van der Waals surface area contributed by atoms with Crippen LogP contribution < -0.4 is 11.1 Å². The normalized spacial score (nSPS) is 21.9. The van der Waals surface area contributed by atoms with Crippen LogP contribution in [0.1, 0.15) is 5.69 Å². The van der Waals surface area contributed by atoms with Crippen molar-refractivity contribution in [2.75, 3.05) is 24.5 Å². The van der Waals surface area contributed by atoms with Gasteiger partial charge in [0, 0.05) is 11.6 Å². The first-order chi connectivity index (χ1) is 13.3. The number of anilines is 1. The van der Waals surface area contributed by atoms with E-state index in [1.165, 1.54) is 18.9 Å². The molecule has 2 aliphatic heterocycles. The van der Waals surface area contributed by atoms with Crippen LogP contribution >= 0.6 is 46.3 Å². The highest BCUT2D eigenvalue weighted by molar-refractivity contribution is 8.00. The van der Waals surface area contributed by atoms with Gasteiger partial charge in [-0.15, -0.1) is 23.4 Å². The average Bonchev–Trinajstić information content (AvgIpc) is 3.00. The maximum absolute atomic E-state index is 12.7. The lowest BCUT2D eigenvalue weighted by atomic mass is 10.0. The number of aromatic nitrogens is 1. The lowest BCUT2D eigenvalue weighted by Crippen LogP contribution is -2.71. The zero-order valence-corrected chi connectivity index (χ0v) is 17.3. The first-order valence-electron chi connectivity index (χ1n) is 7.60. The number of thioether (sulfide) groups is 1. The average molecular weight is 466 g/mol.